The van der Waals surface area contributed by atoms with Crippen LogP contribution in [0.2, 0.25) is 10.0 Å². The lowest BCUT2D eigenvalue weighted by molar-refractivity contribution is 0.579. The molecule has 6 heteroatoms. The van der Waals surface area contributed by atoms with Crippen molar-refractivity contribution in [3.8, 4) is 0 Å². The SMILES string of the molecule is Cc1c(C)c(C)c(S(=O)(=O)NCc2cc(Cl)ccc2Cl)c(C)c1C. The molecule has 0 aromatic heterocycles. The largest absolute Gasteiger partial charge is 0.241 e. The second-order valence-electron chi connectivity index (χ2n) is 6.01. The summed E-state index contributed by atoms with van der Waals surface area (Å²) in [6, 6.07) is 4.99. The monoisotopic (exact) mass is 385 g/mol. The van der Waals surface area contributed by atoms with Crippen LogP contribution in [0.1, 0.15) is 33.4 Å². The second kappa shape index (κ2) is 7.04. The maximum atomic E-state index is 12.9. The molecule has 0 heterocycles. The second-order valence-corrected chi connectivity index (χ2v) is 8.56. The van der Waals surface area contributed by atoms with E-state index in [1.807, 2.05) is 34.6 Å². The molecule has 2 rings (SSSR count). The van der Waals surface area contributed by atoms with Gasteiger partial charge in [0.15, 0.2) is 0 Å². The summed E-state index contributed by atoms with van der Waals surface area (Å²) >= 11 is 12.1. The van der Waals surface area contributed by atoms with Gasteiger partial charge in [-0.1, -0.05) is 23.2 Å². The predicted octanol–water partition coefficient (Wildman–Crippen LogP) is 5.01. The fraction of sp³-hybridized carbons (Fsp3) is 0.333. The van der Waals surface area contributed by atoms with E-state index in [2.05, 4.69) is 4.72 Å². The fourth-order valence-electron chi connectivity index (χ4n) is 2.79. The quantitative estimate of drug-likeness (QED) is 0.803. The summed E-state index contributed by atoms with van der Waals surface area (Å²) in [7, 11) is -3.66. The molecule has 3 nitrogen and oxygen atoms in total. The third kappa shape index (κ3) is 3.62. The van der Waals surface area contributed by atoms with Crippen LogP contribution in [-0.4, -0.2) is 8.42 Å². The van der Waals surface area contributed by atoms with Gasteiger partial charge in [-0.2, -0.15) is 0 Å². The molecular weight excluding hydrogens is 365 g/mol. The average Bonchev–Trinajstić information content (AvgIpc) is 2.52. The Bertz CT molecular complexity index is 877. The van der Waals surface area contributed by atoms with E-state index in [9.17, 15) is 8.42 Å². The number of hydrogen-bond acceptors (Lipinski definition) is 2. The topological polar surface area (TPSA) is 46.2 Å². The molecule has 0 unspecified atom stereocenters. The molecule has 2 aromatic carbocycles. The van der Waals surface area contributed by atoms with E-state index in [1.54, 1.807) is 18.2 Å². The van der Waals surface area contributed by atoms with E-state index >= 15 is 0 Å². The van der Waals surface area contributed by atoms with Crippen molar-refractivity contribution in [2.24, 2.45) is 0 Å². The van der Waals surface area contributed by atoms with E-state index in [0.717, 1.165) is 27.8 Å². The van der Waals surface area contributed by atoms with E-state index in [0.29, 0.717) is 20.5 Å². The highest BCUT2D eigenvalue weighted by Crippen LogP contribution is 2.30. The van der Waals surface area contributed by atoms with Crippen molar-refractivity contribution in [2.45, 2.75) is 46.1 Å². The highest BCUT2D eigenvalue weighted by Gasteiger charge is 2.23. The highest BCUT2D eigenvalue weighted by atomic mass is 35.5. The molecule has 24 heavy (non-hydrogen) atoms. The van der Waals surface area contributed by atoms with E-state index in [4.69, 9.17) is 23.2 Å². The normalized spacial score (nSPS) is 11.8. The molecule has 2 aromatic rings. The van der Waals surface area contributed by atoms with E-state index < -0.39 is 10.0 Å². The number of sulfonamides is 1. The minimum Gasteiger partial charge on any atom is -0.207 e. The predicted molar refractivity (Wildman–Crippen MR) is 101 cm³/mol. The van der Waals surface area contributed by atoms with Crippen LogP contribution in [0.15, 0.2) is 23.1 Å². The summed E-state index contributed by atoms with van der Waals surface area (Å²) in [6.45, 7) is 9.69. The minimum absolute atomic E-state index is 0.0899. The van der Waals surface area contributed by atoms with E-state index in [-0.39, 0.29) is 6.54 Å². The van der Waals surface area contributed by atoms with Crippen molar-refractivity contribution in [3.05, 3.63) is 61.6 Å². The molecule has 0 saturated carbocycles. The molecule has 0 saturated heterocycles. The van der Waals surface area contributed by atoms with Gasteiger partial charge in [0.05, 0.1) is 4.90 Å². The Balaban J connectivity index is 2.44. The first-order chi connectivity index (χ1) is 11.1. The summed E-state index contributed by atoms with van der Waals surface area (Å²) in [5.74, 6) is 0. The lowest BCUT2D eigenvalue weighted by atomic mass is 9.95. The van der Waals surface area contributed by atoms with Gasteiger partial charge in [0.1, 0.15) is 0 Å². The maximum Gasteiger partial charge on any atom is 0.241 e. The number of hydrogen-bond donors (Lipinski definition) is 1. The lowest BCUT2D eigenvalue weighted by Crippen LogP contribution is -2.26. The highest BCUT2D eigenvalue weighted by molar-refractivity contribution is 7.89. The van der Waals surface area contributed by atoms with Crippen LogP contribution in [0.25, 0.3) is 0 Å². The van der Waals surface area contributed by atoms with Crippen LogP contribution in [0.3, 0.4) is 0 Å². The molecule has 0 radical (unpaired) electrons. The molecule has 0 fully saturated rings. The number of halogens is 2. The third-order valence-electron chi connectivity index (χ3n) is 4.66. The van der Waals surface area contributed by atoms with Gasteiger partial charge in [-0.05, 0) is 86.2 Å². The summed E-state index contributed by atoms with van der Waals surface area (Å²) in [5.41, 5.74) is 5.32. The van der Waals surface area contributed by atoms with E-state index in [1.165, 1.54) is 0 Å². The van der Waals surface area contributed by atoms with Crippen molar-refractivity contribution in [1.29, 1.82) is 0 Å². The van der Waals surface area contributed by atoms with Crippen LogP contribution in [0, 0.1) is 34.6 Å². The van der Waals surface area contributed by atoms with Gasteiger partial charge in [0, 0.05) is 16.6 Å². The summed E-state index contributed by atoms with van der Waals surface area (Å²) < 4.78 is 28.4. The summed E-state index contributed by atoms with van der Waals surface area (Å²) in [4.78, 5) is 0.348. The first kappa shape index (κ1) is 19.3. The Morgan fingerprint density at radius 2 is 1.38 bits per heavy atom. The van der Waals surface area contributed by atoms with Crippen molar-refractivity contribution in [1.82, 2.24) is 4.72 Å². The Labute approximate surface area is 154 Å². The Hall–Kier alpha value is -1.07. The molecule has 0 aliphatic rings. The molecular formula is C18H21Cl2NO2S. The average molecular weight is 386 g/mol. The van der Waals surface area contributed by atoms with Gasteiger partial charge in [-0.15, -0.1) is 0 Å². The third-order valence-corrected chi connectivity index (χ3v) is 6.94. The zero-order chi connectivity index (χ0) is 18.2. The minimum atomic E-state index is -3.66. The number of benzene rings is 2. The van der Waals surface area contributed by atoms with Crippen molar-refractivity contribution in [2.75, 3.05) is 0 Å². The summed E-state index contributed by atoms with van der Waals surface area (Å²) in [5, 5.41) is 0.995. The van der Waals surface area contributed by atoms with Crippen molar-refractivity contribution >= 4 is 33.2 Å². The van der Waals surface area contributed by atoms with Crippen LogP contribution in [0.5, 0.6) is 0 Å². The van der Waals surface area contributed by atoms with Gasteiger partial charge < -0.3 is 0 Å². The lowest BCUT2D eigenvalue weighted by Gasteiger charge is -2.19. The molecule has 0 aliphatic heterocycles. The van der Waals surface area contributed by atoms with Crippen molar-refractivity contribution in [3.63, 3.8) is 0 Å². The maximum absolute atomic E-state index is 12.9. The molecule has 0 bridgehead atoms. The Morgan fingerprint density at radius 1 is 0.875 bits per heavy atom. The zero-order valence-corrected chi connectivity index (χ0v) is 16.7. The standard InChI is InChI=1S/C18H21Cl2NO2S/c1-10-11(2)13(4)18(14(5)12(10)3)24(22,23)21-9-15-8-16(19)6-7-17(15)20/h6-8,21H,9H2,1-5H3. The van der Waals surface area contributed by atoms with Gasteiger partial charge in [0.25, 0.3) is 0 Å². The Morgan fingerprint density at radius 3 is 1.92 bits per heavy atom. The zero-order valence-electron chi connectivity index (χ0n) is 14.4. The van der Waals surface area contributed by atoms with Crippen molar-refractivity contribution < 1.29 is 8.42 Å². The smallest absolute Gasteiger partial charge is 0.207 e. The van der Waals surface area contributed by atoms with Crippen LogP contribution in [0.4, 0.5) is 0 Å². The molecule has 0 spiro atoms. The van der Waals surface area contributed by atoms with Crippen LogP contribution < -0.4 is 4.72 Å². The molecule has 0 aliphatic carbocycles. The summed E-state index contributed by atoms with van der Waals surface area (Å²) in [6.07, 6.45) is 0. The molecule has 0 amide bonds. The molecule has 130 valence electrons. The van der Waals surface area contributed by atoms with Crippen LogP contribution in [-0.2, 0) is 16.6 Å². The van der Waals surface area contributed by atoms with Gasteiger partial charge >= 0.3 is 0 Å². The van der Waals surface area contributed by atoms with Gasteiger partial charge in [-0.25, -0.2) is 13.1 Å². The molecule has 0 atom stereocenters. The van der Waals surface area contributed by atoms with Crippen LogP contribution >= 0.6 is 23.2 Å². The first-order valence-corrected chi connectivity index (χ1v) is 9.80. The number of rotatable bonds is 4. The number of nitrogens with one attached hydrogen (secondary N) is 1. The van der Waals surface area contributed by atoms with Gasteiger partial charge in [-0.3, -0.25) is 0 Å². The first-order valence-electron chi connectivity index (χ1n) is 7.56. The van der Waals surface area contributed by atoms with Gasteiger partial charge in [0.2, 0.25) is 10.0 Å². The Kier molecular flexibility index (Phi) is 5.65. The molecule has 1 N–H and O–H groups in total. The fourth-order valence-corrected chi connectivity index (χ4v) is 4.77.